The lowest BCUT2D eigenvalue weighted by atomic mass is 10.0. The summed E-state index contributed by atoms with van der Waals surface area (Å²) >= 11 is 0. The van der Waals surface area contributed by atoms with Crippen LogP contribution >= 0.6 is 0 Å². The Morgan fingerprint density at radius 2 is 1.79 bits per heavy atom. The van der Waals surface area contributed by atoms with E-state index in [1.807, 2.05) is 12.1 Å². The van der Waals surface area contributed by atoms with Crippen LogP contribution in [0.25, 0.3) is 0 Å². The van der Waals surface area contributed by atoms with Crippen LogP contribution in [-0.2, 0) is 6.42 Å². The molecule has 2 rings (SSSR count). The van der Waals surface area contributed by atoms with Crippen LogP contribution < -0.4 is 11.1 Å². The Balaban J connectivity index is 2.02. The largest absolute Gasteiger partial charge is 0.397 e. The van der Waals surface area contributed by atoms with Gasteiger partial charge in [0.05, 0.1) is 11.4 Å². The Morgan fingerprint density at radius 1 is 1.00 bits per heavy atom. The van der Waals surface area contributed by atoms with Crippen molar-refractivity contribution in [2.24, 2.45) is 0 Å². The third-order valence-corrected chi connectivity index (χ3v) is 3.51. The Kier molecular flexibility index (Phi) is 4.10. The average Bonchev–Trinajstić information content (AvgIpc) is 2.37. The van der Waals surface area contributed by atoms with Crippen molar-refractivity contribution >= 4 is 11.4 Å². The lowest BCUT2D eigenvalue weighted by Gasteiger charge is -2.13. The zero-order chi connectivity index (χ0) is 13.8. The molecule has 2 aromatic rings. The molecule has 100 valence electrons. The molecule has 0 saturated carbocycles. The Hall–Kier alpha value is -1.96. The zero-order valence-corrected chi connectivity index (χ0v) is 12.0. The van der Waals surface area contributed by atoms with E-state index in [9.17, 15) is 0 Å². The molecule has 0 bridgehead atoms. The second kappa shape index (κ2) is 5.79. The van der Waals surface area contributed by atoms with E-state index < -0.39 is 0 Å². The molecule has 0 amide bonds. The first-order valence-corrected chi connectivity index (χ1v) is 6.73. The normalized spacial score (nSPS) is 10.5. The number of hydrogen-bond donors (Lipinski definition) is 2. The Labute approximate surface area is 115 Å². The number of benzene rings is 2. The van der Waals surface area contributed by atoms with Crippen molar-refractivity contribution in [3.63, 3.8) is 0 Å². The van der Waals surface area contributed by atoms with Crippen LogP contribution in [0.4, 0.5) is 11.4 Å². The summed E-state index contributed by atoms with van der Waals surface area (Å²) < 4.78 is 0. The summed E-state index contributed by atoms with van der Waals surface area (Å²) in [5.41, 5.74) is 13.1. The summed E-state index contributed by atoms with van der Waals surface area (Å²) in [5.74, 6) is 0. The minimum Gasteiger partial charge on any atom is -0.397 e. The molecule has 19 heavy (non-hydrogen) atoms. The van der Waals surface area contributed by atoms with Gasteiger partial charge >= 0.3 is 0 Å². The molecule has 0 heterocycles. The molecule has 0 radical (unpaired) electrons. The molecule has 0 aromatic heterocycles. The number of rotatable bonds is 4. The molecule has 2 nitrogen and oxygen atoms in total. The SMILES string of the molecule is Cc1ccc(C)c(CCNc2c(C)cccc2N)c1. The highest BCUT2D eigenvalue weighted by Crippen LogP contribution is 2.22. The maximum Gasteiger partial charge on any atom is 0.0603 e. The molecule has 0 atom stereocenters. The van der Waals surface area contributed by atoms with Gasteiger partial charge in [-0.1, -0.05) is 35.9 Å². The van der Waals surface area contributed by atoms with Gasteiger partial charge in [-0.2, -0.15) is 0 Å². The molecular weight excluding hydrogens is 232 g/mol. The van der Waals surface area contributed by atoms with E-state index in [-0.39, 0.29) is 0 Å². The first-order valence-electron chi connectivity index (χ1n) is 6.73. The standard InChI is InChI=1S/C17H22N2/c1-12-7-8-13(2)15(11-12)9-10-19-17-14(3)5-4-6-16(17)18/h4-8,11,19H,9-10,18H2,1-3H3. The highest BCUT2D eigenvalue weighted by atomic mass is 14.9. The van der Waals surface area contributed by atoms with E-state index in [0.717, 1.165) is 24.3 Å². The fourth-order valence-electron chi connectivity index (χ4n) is 2.32. The van der Waals surface area contributed by atoms with E-state index >= 15 is 0 Å². The van der Waals surface area contributed by atoms with Crippen molar-refractivity contribution in [2.75, 3.05) is 17.6 Å². The highest BCUT2D eigenvalue weighted by molar-refractivity contribution is 5.69. The smallest absolute Gasteiger partial charge is 0.0603 e. The van der Waals surface area contributed by atoms with Crippen LogP contribution in [0.1, 0.15) is 22.3 Å². The summed E-state index contributed by atoms with van der Waals surface area (Å²) in [6, 6.07) is 12.6. The van der Waals surface area contributed by atoms with Crippen molar-refractivity contribution < 1.29 is 0 Å². The minimum absolute atomic E-state index is 0.820. The lowest BCUT2D eigenvalue weighted by Crippen LogP contribution is -2.09. The number of nitrogens with one attached hydrogen (secondary N) is 1. The average molecular weight is 254 g/mol. The van der Waals surface area contributed by atoms with Crippen molar-refractivity contribution in [2.45, 2.75) is 27.2 Å². The quantitative estimate of drug-likeness (QED) is 0.813. The summed E-state index contributed by atoms with van der Waals surface area (Å²) in [6.07, 6.45) is 1.02. The summed E-state index contributed by atoms with van der Waals surface area (Å²) in [4.78, 5) is 0. The van der Waals surface area contributed by atoms with Gasteiger partial charge in [0.2, 0.25) is 0 Å². The third kappa shape index (κ3) is 3.28. The number of nitrogens with two attached hydrogens (primary N) is 1. The Bertz CT molecular complexity index is 553. The number of nitrogen functional groups attached to an aromatic ring is 1. The summed E-state index contributed by atoms with van der Waals surface area (Å²) in [6.45, 7) is 7.28. The van der Waals surface area contributed by atoms with Crippen LogP contribution in [0.2, 0.25) is 0 Å². The molecule has 2 heteroatoms. The van der Waals surface area contributed by atoms with Gasteiger partial charge in [-0.05, 0) is 49.9 Å². The monoisotopic (exact) mass is 254 g/mol. The number of aryl methyl sites for hydroxylation is 3. The maximum absolute atomic E-state index is 5.99. The van der Waals surface area contributed by atoms with E-state index in [1.54, 1.807) is 0 Å². The fraction of sp³-hybridized carbons (Fsp3) is 0.294. The first kappa shape index (κ1) is 13.5. The maximum atomic E-state index is 5.99. The number of anilines is 2. The van der Waals surface area contributed by atoms with Gasteiger partial charge in [-0.25, -0.2) is 0 Å². The predicted octanol–water partition coefficient (Wildman–Crippen LogP) is 3.85. The topological polar surface area (TPSA) is 38.0 Å². The molecule has 0 aliphatic carbocycles. The molecular formula is C17H22N2. The second-order valence-corrected chi connectivity index (χ2v) is 5.15. The fourth-order valence-corrected chi connectivity index (χ4v) is 2.32. The summed E-state index contributed by atoms with van der Waals surface area (Å²) in [5, 5.41) is 3.45. The van der Waals surface area contributed by atoms with Gasteiger partial charge in [0.15, 0.2) is 0 Å². The molecule has 0 aliphatic rings. The highest BCUT2D eigenvalue weighted by Gasteiger charge is 2.03. The van der Waals surface area contributed by atoms with Gasteiger partial charge in [0.25, 0.3) is 0 Å². The van der Waals surface area contributed by atoms with Gasteiger partial charge in [-0.15, -0.1) is 0 Å². The van der Waals surface area contributed by atoms with E-state index in [0.29, 0.717) is 0 Å². The minimum atomic E-state index is 0.820. The van der Waals surface area contributed by atoms with Crippen LogP contribution in [0, 0.1) is 20.8 Å². The lowest BCUT2D eigenvalue weighted by molar-refractivity contribution is 1.000. The molecule has 0 fully saturated rings. The molecule has 0 aliphatic heterocycles. The molecule has 0 saturated heterocycles. The van der Waals surface area contributed by atoms with E-state index in [4.69, 9.17) is 5.73 Å². The van der Waals surface area contributed by atoms with Crippen LogP contribution in [-0.4, -0.2) is 6.54 Å². The summed E-state index contributed by atoms with van der Waals surface area (Å²) in [7, 11) is 0. The van der Waals surface area contributed by atoms with Crippen molar-refractivity contribution in [3.05, 3.63) is 58.7 Å². The van der Waals surface area contributed by atoms with Crippen molar-refractivity contribution in [1.82, 2.24) is 0 Å². The van der Waals surface area contributed by atoms with Gasteiger partial charge in [-0.3, -0.25) is 0 Å². The van der Waals surface area contributed by atoms with Crippen LogP contribution in [0.5, 0.6) is 0 Å². The van der Waals surface area contributed by atoms with E-state index in [1.165, 1.54) is 22.3 Å². The molecule has 2 aromatic carbocycles. The zero-order valence-electron chi connectivity index (χ0n) is 12.0. The predicted molar refractivity (Wildman–Crippen MR) is 83.7 cm³/mol. The molecule has 0 spiro atoms. The number of para-hydroxylation sites is 1. The van der Waals surface area contributed by atoms with Crippen LogP contribution in [0.15, 0.2) is 36.4 Å². The van der Waals surface area contributed by atoms with Crippen LogP contribution in [0.3, 0.4) is 0 Å². The molecule has 0 unspecified atom stereocenters. The molecule has 3 N–H and O–H groups in total. The van der Waals surface area contributed by atoms with Crippen molar-refractivity contribution in [3.8, 4) is 0 Å². The second-order valence-electron chi connectivity index (χ2n) is 5.15. The van der Waals surface area contributed by atoms with E-state index in [2.05, 4.69) is 50.4 Å². The third-order valence-electron chi connectivity index (χ3n) is 3.51. The van der Waals surface area contributed by atoms with Gasteiger partial charge < -0.3 is 11.1 Å². The Morgan fingerprint density at radius 3 is 2.53 bits per heavy atom. The van der Waals surface area contributed by atoms with Gasteiger partial charge in [0, 0.05) is 6.54 Å². The van der Waals surface area contributed by atoms with Gasteiger partial charge in [0.1, 0.15) is 0 Å². The number of hydrogen-bond acceptors (Lipinski definition) is 2. The van der Waals surface area contributed by atoms with Crippen molar-refractivity contribution in [1.29, 1.82) is 0 Å². The first-order chi connectivity index (χ1) is 9.08.